The second-order valence-corrected chi connectivity index (χ2v) is 6.22. The van der Waals surface area contributed by atoms with E-state index < -0.39 is 5.97 Å². The van der Waals surface area contributed by atoms with Crippen molar-refractivity contribution in [1.82, 2.24) is 24.1 Å². The molecule has 8 heteroatoms. The van der Waals surface area contributed by atoms with E-state index in [2.05, 4.69) is 15.0 Å². The highest BCUT2D eigenvalue weighted by Crippen LogP contribution is 2.18. The number of hydrogen-bond acceptors (Lipinski definition) is 6. The van der Waals surface area contributed by atoms with Gasteiger partial charge in [0.05, 0.1) is 23.7 Å². The van der Waals surface area contributed by atoms with Crippen molar-refractivity contribution in [2.24, 2.45) is 0 Å². The summed E-state index contributed by atoms with van der Waals surface area (Å²) in [5, 5.41) is 4.84. The van der Waals surface area contributed by atoms with Gasteiger partial charge in [-0.3, -0.25) is 4.79 Å². The Hall–Kier alpha value is -2.74. The van der Waals surface area contributed by atoms with Gasteiger partial charge in [0.2, 0.25) is 0 Å². The van der Waals surface area contributed by atoms with Crippen LogP contribution in [-0.4, -0.2) is 57.8 Å². The zero-order valence-corrected chi connectivity index (χ0v) is 14.8. The summed E-state index contributed by atoms with van der Waals surface area (Å²) in [7, 11) is 5.32. The highest BCUT2D eigenvalue weighted by molar-refractivity contribution is 5.98. The van der Waals surface area contributed by atoms with Crippen molar-refractivity contribution >= 4 is 22.5 Å². The van der Waals surface area contributed by atoms with Crippen LogP contribution in [0, 0.1) is 6.92 Å². The van der Waals surface area contributed by atoms with E-state index in [1.54, 1.807) is 17.7 Å². The van der Waals surface area contributed by atoms with Crippen LogP contribution in [0.15, 0.2) is 23.3 Å². The van der Waals surface area contributed by atoms with E-state index in [0.717, 1.165) is 13.0 Å². The first-order chi connectivity index (χ1) is 11.9. The molecule has 0 N–H and O–H groups in total. The molecule has 3 aromatic rings. The fourth-order valence-corrected chi connectivity index (χ4v) is 2.89. The molecule has 0 aliphatic carbocycles. The fourth-order valence-electron chi connectivity index (χ4n) is 2.89. The Morgan fingerprint density at radius 1 is 1.36 bits per heavy atom. The molecule has 25 heavy (non-hydrogen) atoms. The molecule has 0 aliphatic rings. The second-order valence-electron chi connectivity index (χ2n) is 6.22. The summed E-state index contributed by atoms with van der Waals surface area (Å²) >= 11 is 0. The van der Waals surface area contributed by atoms with Gasteiger partial charge in [-0.1, -0.05) is 0 Å². The minimum atomic E-state index is -0.489. The van der Waals surface area contributed by atoms with Crippen LogP contribution >= 0.6 is 0 Å². The number of rotatable bonds is 5. The molecule has 0 atom stereocenters. The topological polar surface area (TPSA) is 81.7 Å². The SMILES string of the molecule is COC(=O)c1c(C)nn2c1ncc1c(=O)n(CCCN(C)C)ccc12. The predicted octanol–water partition coefficient (Wildman–Crippen LogP) is 1.09. The summed E-state index contributed by atoms with van der Waals surface area (Å²) in [6, 6.07) is 1.83. The molecule has 0 saturated carbocycles. The van der Waals surface area contributed by atoms with Gasteiger partial charge in [0, 0.05) is 18.9 Å². The van der Waals surface area contributed by atoms with Gasteiger partial charge >= 0.3 is 5.97 Å². The minimum absolute atomic E-state index is 0.113. The molecular formula is C17H21N5O3. The molecule has 8 nitrogen and oxygen atoms in total. The van der Waals surface area contributed by atoms with Crippen LogP contribution in [0.3, 0.4) is 0 Å². The number of methoxy groups -OCH3 is 1. The maximum absolute atomic E-state index is 12.7. The highest BCUT2D eigenvalue weighted by Gasteiger charge is 2.20. The monoisotopic (exact) mass is 343 g/mol. The Labute approximate surface area is 144 Å². The molecule has 0 aliphatic heterocycles. The number of aromatic nitrogens is 4. The molecule has 132 valence electrons. The fraction of sp³-hybridized carbons (Fsp3) is 0.412. The zero-order valence-electron chi connectivity index (χ0n) is 14.8. The zero-order chi connectivity index (χ0) is 18.1. The van der Waals surface area contributed by atoms with E-state index in [4.69, 9.17) is 4.74 Å². The lowest BCUT2D eigenvalue weighted by atomic mass is 10.2. The average Bonchev–Trinajstić information content (AvgIpc) is 2.92. The van der Waals surface area contributed by atoms with Gasteiger partial charge in [0.15, 0.2) is 5.65 Å². The van der Waals surface area contributed by atoms with Gasteiger partial charge in [0.1, 0.15) is 5.56 Å². The molecule has 3 rings (SSSR count). The van der Waals surface area contributed by atoms with Crippen LogP contribution in [0.1, 0.15) is 22.5 Å². The predicted molar refractivity (Wildman–Crippen MR) is 94.0 cm³/mol. The Morgan fingerprint density at radius 3 is 2.80 bits per heavy atom. The quantitative estimate of drug-likeness (QED) is 0.645. The number of carbonyl (C=O) groups excluding carboxylic acids is 1. The Bertz CT molecular complexity index is 1000. The van der Waals surface area contributed by atoms with Crippen LogP contribution in [0.4, 0.5) is 0 Å². The van der Waals surface area contributed by atoms with Crippen LogP contribution in [-0.2, 0) is 11.3 Å². The summed E-state index contributed by atoms with van der Waals surface area (Å²) in [6.07, 6.45) is 4.14. The number of hydrogen-bond donors (Lipinski definition) is 0. The summed E-state index contributed by atoms with van der Waals surface area (Å²) in [4.78, 5) is 31.0. The first kappa shape index (κ1) is 17.1. The van der Waals surface area contributed by atoms with Crippen LogP contribution in [0.5, 0.6) is 0 Å². The first-order valence-corrected chi connectivity index (χ1v) is 8.04. The highest BCUT2D eigenvalue weighted by atomic mass is 16.5. The third kappa shape index (κ3) is 3.00. The number of aryl methyl sites for hydroxylation is 2. The standard InChI is InChI=1S/C17H21N5O3/c1-11-14(17(24)25-4)15-18-10-12-13(22(15)19-11)6-9-21(16(12)23)8-5-7-20(2)3/h6,9-10H,5,7-8H2,1-4H3. The van der Waals surface area contributed by atoms with Crippen molar-refractivity contribution in [2.45, 2.75) is 19.9 Å². The third-order valence-electron chi connectivity index (χ3n) is 4.15. The van der Waals surface area contributed by atoms with Crippen molar-refractivity contribution in [3.63, 3.8) is 0 Å². The molecule has 0 unspecified atom stereocenters. The van der Waals surface area contributed by atoms with Gasteiger partial charge in [-0.15, -0.1) is 0 Å². The lowest BCUT2D eigenvalue weighted by molar-refractivity contribution is 0.0602. The molecule has 0 amide bonds. The first-order valence-electron chi connectivity index (χ1n) is 8.04. The van der Waals surface area contributed by atoms with Gasteiger partial charge in [-0.05, 0) is 40.1 Å². The second kappa shape index (κ2) is 6.64. The summed E-state index contributed by atoms with van der Waals surface area (Å²) in [6.45, 7) is 3.26. The van der Waals surface area contributed by atoms with Crippen LogP contribution in [0.25, 0.3) is 16.6 Å². The number of ether oxygens (including phenoxy) is 1. The molecule has 3 heterocycles. The molecule has 3 aromatic heterocycles. The van der Waals surface area contributed by atoms with Gasteiger partial charge in [0.25, 0.3) is 5.56 Å². The lowest BCUT2D eigenvalue weighted by Gasteiger charge is -2.11. The van der Waals surface area contributed by atoms with Crippen molar-refractivity contribution in [1.29, 1.82) is 0 Å². The maximum Gasteiger partial charge on any atom is 0.343 e. The molecule has 0 radical (unpaired) electrons. The van der Waals surface area contributed by atoms with Crippen molar-refractivity contribution in [3.05, 3.63) is 40.1 Å². The third-order valence-corrected chi connectivity index (χ3v) is 4.15. The summed E-state index contributed by atoms with van der Waals surface area (Å²) < 4.78 is 8.01. The van der Waals surface area contributed by atoms with Crippen LogP contribution in [0.2, 0.25) is 0 Å². The van der Waals surface area contributed by atoms with Crippen LogP contribution < -0.4 is 5.56 Å². The lowest BCUT2D eigenvalue weighted by Crippen LogP contribution is -2.23. The Kier molecular flexibility index (Phi) is 4.54. The number of fused-ring (bicyclic) bond motifs is 3. The van der Waals surface area contributed by atoms with E-state index in [9.17, 15) is 9.59 Å². The molecular weight excluding hydrogens is 322 g/mol. The van der Waals surface area contributed by atoms with E-state index in [-0.39, 0.29) is 5.56 Å². The number of pyridine rings is 1. The molecule has 0 bridgehead atoms. The van der Waals surface area contributed by atoms with E-state index in [0.29, 0.717) is 34.4 Å². The van der Waals surface area contributed by atoms with Crippen molar-refractivity contribution < 1.29 is 9.53 Å². The molecule has 0 aromatic carbocycles. The van der Waals surface area contributed by atoms with E-state index in [1.807, 2.05) is 20.2 Å². The average molecular weight is 343 g/mol. The minimum Gasteiger partial charge on any atom is -0.465 e. The van der Waals surface area contributed by atoms with Gasteiger partial charge in [-0.2, -0.15) is 5.10 Å². The summed E-state index contributed by atoms with van der Waals surface area (Å²) in [5.74, 6) is -0.489. The number of nitrogens with zero attached hydrogens (tertiary/aromatic N) is 5. The smallest absolute Gasteiger partial charge is 0.343 e. The Morgan fingerprint density at radius 2 is 2.12 bits per heavy atom. The number of carbonyl (C=O) groups is 1. The van der Waals surface area contributed by atoms with Gasteiger partial charge in [-0.25, -0.2) is 14.3 Å². The maximum atomic E-state index is 12.7. The van der Waals surface area contributed by atoms with Crippen molar-refractivity contribution in [3.8, 4) is 0 Å². The van der Waals surface area contributed by atoms with Crippen molar-refractivity contribution in [2.75, 3.05) is 27.7 Å². The normalized spacial score (nSPS) is 11.6. The number of esters is 1. The van der Waals surface area contributed by atoms with Gasteiger partial charge < -0.3 is 14.2 Å². The molecule has 0 spiro atoms. The molecule has 0 saturated heterocycles. The summed E-state index contributed by atoms with van der Waals surface area (Å²) in [5.41, 5.74) is 1.73. The molecule has 0 fully saturated rings. The van der Waals surface area contributed by atoms with E-state index >= 15 is 0 Å². The Balaban J connectivity index is 2.11. The van der Waals surface area contributed by atoms with E-state index in [1.165, 1.54) is 17.8 Å². The largest absolute Gasteiger partial charge is 0.465 e.